The topological polar surface area (TPSA) is 91.8 Å². The summed E-state index contributed by atoms with van der Waals surface area (Å²) in [7, 11) is 0. The highest BCUT2D eigenvalue weighted by atomic mass is 16.5. The second kappa shape index (κ2) is 9.54. The van der Waals surface area contributed by atoms with E-state index in [4.69, 9.17) is 4.74 Å². The molecule has 3 aliphatic rings. The van der Waals surface area contributed by atoms with E-state index >= 15 is 0 Å². The van der Waals surface area contributed by atoms with Crippen molar-refractivity contribution in [1.29, 1.82) is 0 Å². The standard InChI is InChI=1S/C26H30N4O4/c31-23(28-15-11-21-8-4-5-14-27-21)22-18-34-26(30(22)25(33)19-6-2-1-3-7-19)12-16-29(17-13-26)24(32)20-9-10-20/h1-8,14,20,22H,9-13,15-18H2,(H,28,31). The number of ether oxygens (including phenoxy) is 1. The smallest absolute Gasteiger partial charge is 0.256 e. The van der Waals surface area contributed by atoms with Gasteiger partial charge in [-0.05, 0) is 37.1 Å². The van der Waals surface area contributed by atoms with Crippen LogP contribution in [-0.2, 0) is 20.7 Å². The number of carbonyl (C=O) groups is 3. The quantitative estimate of drug-likeness (QED) is 0.709. The predicted octanol–water partition coefficient (Wildman–Crippen LogP) is 2.01. The summed E-state index contributed by atoms with van der Waals surface area (Å²) in [5, 5.41) is 2.96. The van der Waals surface area contributed by atoms with Crippen LogP contribution in [0.15, 0.2) is 54.7 Å². The fraction of sp³-hybridized carbons (Fsp3) is 0.462. The molecule has 1 aromatic heterocycles. The minimum atomic E-state index is -0.879. The molecule has 5 rings (SSSR count). The number of benzene rings is 1. The maximum absolute atomic E-state index is 13.6. The zero-order valence-corrected chi connectivity index (χ0v) is 19.2. The monoisotopic (exact) mass is 462 g/mol. The van der Waals surface area contributed by atoms with Gasteiger partial charge in [-0.2, -0.15) is 0 Å². The zero-order valence-electron chi connectivity index (χ0n) is 19.2. The molecule has 8 heteroatoms. The summed E-state index contributed by atoms with van der Waals surface area (Å²) in [6.45, 7) is 1.63. The Morgan fingerprint density at radius 3 is 2.44 bits per heavy atom. The third kappa shape index (κ3) is 4.55. The van der Waals surface area contributed by atoms with Gasteiger partial charge in [-0.15, -0.1) is 0 Å². The molecule has 1 saturated carbocycles. The van der Waals surface area contributed by atoms with Gasteiger partial charge in [0.2, 0.25) is 11.8 Å². The lowest BCUT2D eigenvalue weighted by atomic mass is 9.96. The van der Waals surface area contributed by atoms with E-state index in [0.29, 0.717) is 44.5 Å². The molecule has 3 amide bonds. The summed E-state index contributed by atoms with van der Waals surface area (Å²) < 4.78 is 6.23. The van der Waals surface area contributed by atoms with E-state index in [1.165, 1.54) is 0 Å². The van der Waals surface area contributed by atoms with E-state index in [-0.39, 0.29) is 30.2 Å². The molecule has 0 radical (unpaired) electrons. The van der Waals surface area contributed by atoms with Crippen LogP contribution in [0.4, 0.5) is 0 Å². The lowest BCUT2D eigenvalue weighted by Crippen LogP contribution is -2.60. The van der Waals surface area contributed by atoms with Gasteiger partial charge in [-0.1, -0.05) is 24.3 Å². The van der Waals surface area contributed by atoms with E-state index in [2.05, 4.69) is 10.3 Å². The minimum Gasteiger partial charge on any atom is -0.354 e. The molecule has 2 aliphatic heterocycles. The molecule has 2 saturated heterocycles. The fourth-order valence-corrected chi connectivity index (χ4v) is 4.93. The van der Waals surface area contributed by atoms with Gasteiger partial charge in [0.15, 0.2) is 0 Å². The Morgan fingerprint density at radius 1 is 1.03 bits per heavy atom. The number of hydrogen-bond acceptors (Lipinski definition) is 5. The van der Waals surface area contributed by atoms with E-state index < -0.39 is 11.8 Å². The van der Waals surface area contributed by atoms with Crippen molar-refractivity contribution in [2.45, 2.75) is 43.9 Å². The Balaban J connectivity index is 1.31. The molecule has 0 bridgehead atoms. The van der Waals surface area contributed by atoms with Gasteiger partial charge >= 0.3 is 0 Å². The summed E-state index contributed by atoms with van der Waals surface area (Å²) in [6, 6.07) is 14.0. The van der Waals surface area contributed by atoms with Crippen molar-refractivity contribution in [2.24, 2.45) is 5.92 Å². The molecule has 8 nitrogen and oxygen atoms in total. The Labute approximate surface area is 199 Å². The molecule has 1 aromatic carbocycles. The lowest BCUT2D eigenvalue weighted by Gasteiger charge is -2.44. The Hall–Kier alpha value is -3.26. The number of aromatic nitrogens is 1. The largest absolute Gasteiger partial charge is 0.354 e. The van der Waals surface area contributed by atoms with Crippen LogP contribution in [-0.4, -0.2) is 70.5 Å². The van der Waals surface area contributed by atoms with Crippen LogP contribution in [0.5, 0.6) is 0 Å². The van der Waals surface area contributed by atoms with Crippen LogP contribution in [0.25, 0.3) is 0 Å². The SMILES string of the molecule is O=C(NCCc1ccccn1)C1COC2(CCN(C(=O)C3CC3)CC2)N1C(=O)c1ccccc1. The molecule has 2 aromatic rings. The normalized spacial score (nSPS) is 21.5. The molecule has 3 heterocycles. The summed E-state index contributed by atoms with van der Waals surface area (Å²) in [6.07, 6.45) is 5.28. The molecular weight excluding hydrogens is 432 g/mol. The second-order valence-corrected chi connectivity index (χ2v) is 9.28. The average molecular weight is 463 g/mol. The first kappa shape index (κ1) is 22.5. The molecule has 3 fully saturated rings. The van der Waals surface area contributed by atoms with E-state index in [9.17, 15) is 14.4 Å². The Morgan fingerprint density at radius 2 is 1.76 bits per heavy atom. The first-order valence-electron chi connectivity index (χ1n) is 12.1. The maximum Gasteiger partial charge on any atom is 0.256 e. The summed E-state index contributed by atoms with van der Waals surface area (Å²) in [5.41, 5.74) is 0.540. The molecule has 1 N–H and O–H groups in total. The molecule has 1 aliphatic carbocycles. The van der Waals surface area contributed by atoms with Gasteiger partial charge in [0.05, 0.1) is 6.61 Å². The van der Waals surface area contributed by atoms with Crippen molar-refractivity contribution in [3.05, 3.63) is 66.0 Å². The highest BCUT2D eigenvalue weighted by molar-refractivity contribution is 5.98. The Kier molecular flexibility index (Phi) is 6.32. The van der Waals surface area contributed by atoms with Crippen molar-refractivity contribution in [3.63, 3.8) is 0 Å². The number of likely N-dealkylation sites (tertiary alicyclic amines) is 1. The van der Waals surface area contributed by atoms with Crippen LogP contribution in [0.3, 0.4) is 0 Å². The number of carbonyl (C=O) groups excluding carboxylic acids is 3. The number of rotatable bonds is 6. The summed E-state index contributed by atoms with van der Waals surface area (Å²) in [4.78, 5) is 47.2. The van der Waals surface area contributed by atoms with Crippen molar-refractivity contribution in [2.75, 3.05) is 26.2 Å². The van der Waals surface area contributed by atoms with Gasteiger partial charge in [-0.25, -0.2) is 0 Å². The minimum absolute atomic E-state index is 0.143. The number of nitrogens with zero attached hydrogens (tertiary/aromatic N) is 3. The van der Waals surface area contributed by atoms with Crippen LogP contribution in [0, 0.1) is 5.92 Å². The number of amides is 3. The van der Waals surface area contributed by atoms with Crippen LogP contribution < -0.4 is 5.32 Å². The van der Waals surface area contributed by atoms with E-state index in [0.717, 1.165) is 18.5 Å². The number of piperidine rings is 1. The van der Waals surface area contributed by atoms with E-state index in [1.807, 2.05) is 41.3 Å². The van der Waals surface area contributed by atoms with Crippen molar-refractivity contribution < 1.29 is 19.1 Å². The maximum atomic E-state index is 13.6. The molecule has 1 spiro atoms. The van der Waals surface area contributed by atoms with Crippen LogP contribution in [0.2, 0.25) is 0 Å². The molecule has 178 valence electrons. The molecule has 1 unspecified atom stereocenters. The zero-order chi connectivity index (χ0) is 23.5. The molecule has 1 atom stereocenters. The van der Waals surface area contributed by atoms with Gasteiger partial charge in [0, 0.05) is 62.3 Å². The highest BCUT2D eigenvalue weighted by Gasteiger charge is 2.54. The number of nitrogens with one attached hydrogen (secondary N) is 1. The predicted molar refractivity (Wildman–Crippen MR) is 125 cm³/mol. The van der Waals surface area contributed by atoms with Crippen molar-refractivity contribution in [3.8, 4) is 0 Å². The number of hydrogen-bond donors (Lipinski definition) is 1. The van der Waals surface area contributed by atoms with Gasteiger partial charge in [0.1, 0.15) is 11.8 Å². The second-order valence-electron chi connectivity index (χ2n) is 9.28. The van der Waals surface area contributed by atoms with Crippen LogP contribution >= 0.6 is 0 Å². The van der Waals surface area contributed by atoms with Gasteiger partial charge in [0.25, 0.3) is 5.91 Å². The van der Waals surface area contributed by atoms with E-state index in [1.54, 1.807) is 23.2 Å². The van der Waals surface area contributed by atoms with Crippen LogP contribution in [0.1, 0.15) is 41.7 Å². The average Bonchev–Trinajstić information content (AvgIpc) is 3.67. The first-order chi connectivity index (χ1) is 16.6. The number of pyridine rings is 1. The lowest BCUT2D eigenvalue weighted by molar-refractivity contribution is -0.144. The first-order valence-corrected chi connectivity index (χ1v) is 12.1. The summed E-state index contributed by atoms with van der Waals surface area (Å²) in [5.74, 6) is -0.0747. The Bertz CT molecular complexity index is 1030. The van der Waals surface area contributed by atoms with Gasteiger partial charge < -0.3 is 15.0 Å². The third-order valence-corrected chi connectivity index (χ3v) is 6.99. The molecule has 34 heavy (non-hydrogen) atoms. The molecular formula is C26H30N4O4. The van der Waals surface area contributed by atoms with Crippen molar-refractivity contribution in [1.82, 2.24) is 20.1 Å². The summed E-state index contributed by atoms with van der Waals surface area (Å²) >= 11 is 0. The van der Waals surface area contributed by atoms with Crippen molar-refractivity contribution >= 4 is 17.7 Å². The fourth-order valence-electron chi connectivity index (χ4n) is 4.93. The van der Waals surface area contributed by atoms with Gasteiger partial charge in [-0.3, -0.25) is 24.3 Å². The highest BCUT2D eigenvalue weighted by Crippen LogP contribution is 2.40. The third-order valence-electron chi connectivity index (χ3n) is 6.99.